The minimum absolute atomic E-state index is 0.122. The highest BCUT2D eigenvalue weighted by Gasteiger charge is 2.13. The maximum atomic E-state index is 12.9. The molecular weight excluding hydrogens is 372 g/mol. The van der Waals surface area contributed by atoms with Crippen molar-refractivity contribution in [3.63, 3.8) is 0 Å². The van der Waals surface area contributed by atoms with Gasteiger partial charge in [0.1, 0.15) is 11.4 Å². The first kappa shape index (κ1) is 16.6. The van der Waals surface area contributed by atoms with Crippen LogP contribution in [0.5, 0.6) is 0 Å². The molecule has 0 N–H and O–H groups in total. The van der Waals surface area contributed by atoms with Crippen LogP contribution in [0.15, 0.2) is 82.4 Å². The van der Waals surface area contributed by atoms with E-state index in [-0.39, 0.29) is 12.1 Å². The Bertz CT molecular complexity index is 1310. The lowest BCUT2D eigenvalue weighted by Crippen LogP contribution is -2.20. The summed E-state index contributed by atoms with van der Waals surface area (Å²) in [4.78, 5) is 23.5. The van der Waals surface area contributed by atoms with Crippen LogP contribution in [0.2, 0.25) is 0 Å². The van der Waals surface area contributed by atoms with Crippen LogP contribution in [0.1, 0.15) is 5.89 Å². The van der Waals surface area contributed by atoms with Crippen LogP contribution in [-0.4, -0.2) is 19.7 Å². The Balaban J connectivity index is 1.48. The van der Waals surface area contributed by atoms with E-state index in [2.05, 4.69) is 15.1 Å². The standard InChI is InChI=1S/C21H14N4O2S/c26-21-16-11-17(14-7-3-1-4-8-14)28-20(16)22-13-25(21)12-18-23-19(24-27-18)15-9-5-2-6-10-15/h1-11,13H,12H2. The lowest BCUT2D eigenvalue weighted by Gasteiger charge is -2.00. The lowest BCUT2D eigenvalue weighted by molar-refractivity contribution is 0.369. The summed E-state index contributed by atoms with van der Waals surface area (Å²) in [6, 6.07) is 21.4. The summed E-state index contributed by atoms with van der Waals surface area (Å²) in [5.41, 5.74) is 1.81. The number of benzene rings is 2. The molecule has 5 aromatic rings. The molecule has 0 saturated heterocycles. The fraction of sp³-hybridized carbons (Fsp3) is 0.0476. The summed E-state index contributed by atoms with van der Waals surface area (Å²) in [7, 11) is 0. The van der Waals surface area contributed by atoms with Crippen LogP contribution in [0.4, 0.5) is 0 Å². The van der Waals surface area contributed by atoms with Crippen molar-refractivity contribution in [3.8, 4) is 21.8 Å². The smallest absolute Gasteiger partial charge is 0.262 e. The van der Waals surface area contributed by atoms with Gasteiger partial charge >= 0.3 is 0 Å². The van der Waals surface area contributed by atoms with Gasteiger partial charge in [-0.15, -0.1) is 11.3 Å². The van der Waals surface area contributed by atoms with E-state index in [4.69, 9.17) is 4.52 Å². The first-order chi connectivity index (χ1) is 13.8. The zero-order valence-electron chi connectivity index (χ0n) is 14.6. The molecule has 0 unspecified atom stereocenters. The van der Waals surface area contributed by atoms with Crippen molar-refractivity contribution in [1.82, 2.24) is 19.7 Å². The van der Waals surface area contributed by atoms with Crippen LogP contribution >= 0.6 is 11.3 Å². The molecule has 0 bridgehead atoms. The third-order valence-electron chi connectivity index (χ3n) is 4.38. The summed E-state index contributed by atoms with van der Waals surface area (Å²) < 4.78 is 6.81. The van der Waals surface area contributed by atoms with E-state index in [0.29, 0.717) is 17.1 Å². The predicted molar refractivity (Wildman–Crippen MR) is 108 cm³/mol. The minimum Gasteiger partial charge on any atom is -0.337 e. The largest absolute Gasteiger partial charge is 0.337 e. The van der Waals surface area contributed by atoms with Crippen molar-refractivity contribution in [2.75, 3.05) is 0 Å². The molecule has 7 heteroatoms. The maximum absolute atomic E-state index is 12.9. The molecule has 3 heterocycles. The van der Waals surface area contributed by atoms with Gasteiger partial charge in [-0.2, -0.15) is 4.98 Å². The Morgan fingerprint density at radius 1 is 0.964 bits per heavy atom. The molecular formula is C21H14N4O2S. The van der Waals surface area contributed by atoms with E-state index in [9.17, 15) is 4.79 Å². The minimum atomic E-state index is -0.122. The zero-order valence-corrected chi connectivity index (χ0v) is 15.5. The highest BCUT2D eigenvalue weighted by atomic mass is 32.1. The van der Waals surface area contributed by atoms with Gasteiger partial charge in [-0.1, -0.05) is 65.8 Å². The second-order valence-corrected chi connectivity index (χ2v) is 7.28. The topological polar surface area (TPSA) is 73.8 Å². The van der Waals surface area contributed by atoms with Gasteiger partial charge in [0.2, 0.25) is 11.7 Å². The quantitative estimate of drug-likeness (QED) is 0.462. The summed E-state index contributed by atoms with van der Waals surface area (Å²) in [6.07, 6.45) is 1.53. The molecule has 3 aromatic heterocycles. The summed E-state index contributed by atoms with van der Waals surface area (Å²) in [5.74, 6) is 0.861. The van der Waals surface area contributed by atoms with Gasteiger partial charge in [-0.3, -0.25) is 9.36 Å². The Morgan fingerprint density at radius 3 is 2.43 bits per heavy atom. The molecule has 0 fully saturated rings. The molecule has 28 heavy (non-hydrogen) atoms. The first-order valence-corrected chi connectivity index (χ1v) is 9.52. The summed E-state index contributed by atoms with van der Waals surface area (Å²) in [6.45, 7) is 0.179. The van der Waals surface area contributed by atoms with Gasteiger partial charge in [-0.05, 0) is 11.6 Å². The van der Waals surface area contributed by atoms with Crippen molar-refractivity contribution in [2.24, 2.45) is 0 Å². The molecule has 0 aliphatic rings. The Kier molecular flexibility index (Phi) is 4.06. The zero-order chi connectivity index (χ0) is 18.9. The third-order valence-corrected chi connectivity index (χ3v) is 5.47. The molecule has 0 atom stereocenters. The molecule has 2 aromatic carbocycles. The highest BCUT2D eigenvalue weighted by molar-refractivity contribution is 7.21. The molecule has 136 valence electrons. The van der Waals surface area contributed by atoms with Gasteiger partial charge in [0.15, 0.2) is 0 Å². The van der Waals surface area contributed by atoms with Crippen molar-refractivity contribution in [3.05, 3.63) is 89.3 Å². The van der Waals surface area contributed by atoms with Crippen molar-refractivity contribution < 1.29 is 4.52 Å². The van der Waals surface area contributed by atoms with E-state index >= 15 is 0 Å². The van der Waals surface area contributed by atoms with Gasteiger partial charge in [0, 0.05) is 10.4 Å². The molecule has 0 aliphatic heterocycles. The van der Waals surface area contributed by atoms with Crippen molar-refractivity contribution in [1.29, 1.82) is 0 Å². The average molecular weight is 386 g/mol. The third kappa shape index (κ3) is 3.01. The monoisotopic (exact) mass is 386 g/mol. The predicted octanol–water partition coefficient (Wildman–Crippen LogP) is 4.22. The number of hydrogen-bond acceptors (Lipinski definition) is 6. The van der Waals surface area contributed by atoms with Gasteiger partial charge in [-0.25, -0.2) is 4.98 Å². The number of nitrogens with zero attached hydrogens (tertiary/aromatic N) is 4. The Morgan fingerprint density at radius 2 is 1.68 bits per heavy atom. The van der Waals surface area contributed by atoms with E-state index in [0.717, 1.165) is 20.8 Å². The molecule has 0 spiro atoms. The number of hydrogen-bond donors (Lipinski definition) is 0. The van der Waals surface area contributed by atoms with E-state index in [1.165, 1.54) is 22.2 Å². The molecule has 0 amide bonds. The fourth-order valence-electron chi connectivity index (χ4n) is 2.99. The molecule has 6 nitrogen and oxygen atoms in total. The molecule has 0 saturated carbocycles. The molecule has 0 aliphatic carbocycles. The highest BCUT2D eigenvalue weighted by Crippen LogP contribution is 2.30. The molecule has 5 rings (SSSR count). The molecule has 0 radical (unpaired) electrons. The average Bonchev–Trinajstić information content (AvgIpc) is 3.39. The van der Waals surface area contributed by atoms with E-state index in [1.54, 1.807) is 0 Å². The van der Waals surface area contributed by atoms with Crippen molar-refractivity contribution >= 4 is 21.6 Å². The normalized spacial score (nSPS) is 11.1. The van der Waals surface area contributed by atoms with E-state index in [1.807, 2.05) is 66.7 Å². The number of thiophene rings is 1. The van der Waals surface area contributed by atoms with Crippen LogP contribution < -0.4 is 5.56 Å². The van der Waals surface area contributed by atoms with E-state index < -0.39 is 0 Å². The van der Waals surface area contributed by atoms with Crippen LogP contribution in [0.25, 0.3) is 32.0 Å². The SMILES string of the molecule is O=c1c2cc(-c3ccccc3)sc2ncn1Cc1nc(-c2ccccc2)no1. The van der Waals surface area contributed by atoms with Gasteiger partial charge in [0.05, 0.1) is 11.7 Å². The van der Waals surface area contributed by atoms with Gasteiger partial charge < -0.3 is 4.52 Å². The second-order valence-electron chi connectivity index (χ2n) is 6.25. The lowest BCUT2D eigenvalue weighted by atomic mass is 10.2. The Hall–Kier alpha value is -3.58. The number of rotatable bonds is 4. The number of aromatic nitrogens is 4. The Labute approximate surface area is 163 Å². The van der Waals surface area contributed by atoms with Crippen molar-refractivity contribution in [2.45, 2.75) is 6.54 Å². The second kappa shape index (κ2) is 6.86. The van der Waals surface area contributed by atoms with Crippen LogP contribution in [0.3, 0.4) is 0 Å². The number of fused-ring (bicyclic) bond motifs is 1. The first-order valence-electron chi connectivity index (χ1n) is 8.70. The maximum Gasteiger partial charge on any atom is 0.262 e. The summed E-state index contributed by atoms with van der Waals surface area (Å²) >= 11 is 1.51. The van der Waals surface area contributed by atoms with Crippen LogP contribution in [0, 0.1) is 0 Å². The van der Waals surface area contributed by atoms with Gasteiger partial charge in [0.25, 0.3) is 5.56 Å². The van der Waals surface area contributed by atoms with Crippen LogP contribution in [-0.2, 0) is 6.54 Å². The summed E-state index contributed by atoms with van der Waals surface area (Å²) in [5, 5.41) is 4.59. The fourth-order valence-corrected chi connectivity index (χ4v) is 3.98.